The third kappa shape index (κ3) is 4.33. The van der Waals surface area contributed by atoms with E-state index in [0.717, 1.165) is 10.5 Å². The normalized spacial score (nSPS) is 27.9. The van der Waals surface area contributed by atoms with Crippen LogP contribution in [-0.2, 0) is 31.1 Å². The zero-order valence-electron chi connectivity index (χ0n) is 25.9. The van der Waals surface area contributed by atoms with Crippen molar-refractivity contribution < 1.29 is 29.0 Å². The molecule has 0 radical (unpaired) electrons. The summed E-state index contributed by atoms with van der Waals surface area (Å²) >= 11 is 7.86. The van der Waals surface area contributed by atoms with E-state index < -0.39 is 46.8 Å². The lowest BCUT2D eigenvalue weighted by molar-refractivity contribution is -0.141. The van der Waals surface area contributed by atoms with E-state index in [0.29, 0.717) is 34.0 Å². The lowest BCUT2D eigenvalue weighted by Crippen LogP contribution is -2.53. The van der Waals surface area contributed by atoms with Crippen molar-refractivity contribution in [3.63, 3.8) is 0 Å². The summed E-state index contributed by atoms with van der Waals surface area (Å²) in [5, 5.41) is 13.9. The standard InChI is InChI=1S/C38H31ClN2O6S/c1-47-24-12-13-27(31(42)18-24)33-26-14-15-28-32(36(45)40(34(28)43)20-25-11-6-16-48-25)29(26)19-30-35(44)41(23-10-5-9-22(39)17-23)37(46)38(30,33)21-7-3-2-4-8-21/h2-14,16-18,28-30,32-33,42H,15,19-20H2,1H3. The van der Waals surface area contributed by atoms with Crippen molar-refractivity contribution in [1.29, 1.82) is 0 Å². The third-order valence-electron chi connectivity index (χ3n) is 10.7. The molecule has 1 N–H and O–H groups in total. The number of carbonyl (C=O) groups is 4. The molecule has 0 spiro atoms. The van der Waals surface area contributed by atoms with Crippen LogP contribution in [0.4, 0.5) is 5.69 Å². The Morgan fingerprint density at radius 1 is 0.917 bits per heavy atom. The zero-order valence-corrected chi connectivity index (χ0v) is 27.5. The number of allylic oxidation sites excluding steroid dienone is 2. The number of ether oxygens (including phenoxy) is 1. The number of benzene rings is 3. The monoisotopic (exact) mass is 678 g/mol. The SMILES string of the molecule is COc1ccc(C2C3=CCC4C(=O)N(Cc5cccs5)C(=O)C4C3CC3C(=O)N(c4cccc(Cl)c4)C(=O)C32c2ccccc2)c(O)c1. The van der Waals surface area contributed by atoms with Gasteiger partial charge in [0.25, 0.3) is 0 Å². The predicted molar refractivity (Wildman–Crippen MR) is 181 cm³/mol. The maximum Gasteiger partial charge on any atom is 0.246 e. The van der Waals surface area contributed by atoms with Crippen LogP contribution in [0.2, 0.25) is 5.02 Å². The van der Waals surface area contributed by atoms with Gasteiger partial charge in [0.05, 0.1) is 42.5 Å². The Morgan fingerprint density at radius 3 is 2.44 bits per heavy atom. The Labute approximate surface area is 286 Å². The minimum Gasteiger partial charge on any atom is -0.508 e. The number of fused-ring (bicyclic) bond motifs is 4. The molecule has 6 unspecified atom stereocenters. The van der Waals surface area contributed by atoms with E-state index >= 15 is 4.79 Å². The summed E-state index contributed by atoms with van der Waals surface area (Å²) < 4.78 is 5.40. The first-order chi connectivity index (χ1) is 23.2. The molecule has 1 saturated carbocycles. The summed E-state index contributed by atoms with van der Waals surface area (Å²) in [6, 6.07) is 24.6. The molecule has 3 heterocycles. The van der Waals surface area contributed by atoms with E-state index in [4.69, 9.17) is 16.3 Å². The molecule has 242 valence electrons. The lowest BCUT2D eigenvalue weighted by Gasteiger charge is -2.50. The van der Waals surface area contributed by atoms with Crippen LogP contribution in [-0.4, -0.2) is 40.7 Å². The number of thiophene rings is 1. The molecule has 3 fully saturated rings. The summed E-state index contributed by atoms with van der Waals surface area (Å²) in [5.74, 6) is -4.49. The van der Waals surface area contributed by atoms with Gasteiger partial charge in [0.2, 0.25) is 23.6 Å². The van der Waals surface area contributed by atoms with Gasteiger partial charge in [-0.3, -0.25) is 24.1 Å². The smallest absolute Gasteiger partial charge is 0.246 e. The minimum atomic E-state index is -1.47. The van der Waals surface area contributed by atoms with Gasteiger partial charge >= 0.3 is 0 Å². The molecule has 2 aliphatic carbocycles. The molecular weight excluding hydrogens is 648 g/mol. The zero-order chi connectivity index (χ0) is 33.3. The number of aromatic hydroxyl groups is 1. The first kappa shape index (κ1) is 30.6. The Balaban J connectivity index is 1.35. The molecule has 10 heteroatoms. The van der Waals surface area contributed by atoms with Gasteiger partial charge in [-0.15, -0.1) is 11.3 Å². The number of methoxy groups -OCH3 is 1. The summed E-state index contributed by atoms with van der Waals surface area (Å²) in [5.41, 5.74) is 0.742. The lowest BCUT2D eigenvalue weighted by atomic mass is 9.49. The fraction of sp³-hybridized carbons (Fsp3) is 0.263. The van der Waals surface area contributed by atoms with Crippen LogP contribution in [0.1, 0.15) is 34.8 Å². The molecule has 4 aliphatic rings. The van der Waals surface area contributed by atoms with Gasteiger partial charge in [0, 0.05) is 27.4 Å². The topological polar surface area (TPSA) is 104 Å². The highest BCUT2D eigenvalue weighted by Crippen LogP contribution is 2.65. The largest absolute Gasteiger partial charge is 0.508 e. The van der Waals surface area contributed by atoms with Crippen LogP contribution in [0.15, 0.2) is 102 Å². The van der Waals surface area contributed by atoms with Crippen molar-refractivity contribution in [2.75, 3.05) is 12.0 Å². The fourth-order valence-electron chi connectivity index (χ4n) is 8.76. The number of likely N-dealkylation sites (tertiary alicyclic amines) is 1. The van der Waals surface area contributed by atoms with E-state index in [1.807, 2.05) is 53.9 Å². The van der Waals surface area contributed by atoms with Crippen molar-refractivity contribution in [1.82, 2.24) is 4.90 Å². The van der Waals surface area contributed by atoms with E-state index in [9.17, 15) is 19.5 Å². The van der Waals surface area contributed by atoms with Gasteiger partial charge < -0.3 is 9.84 Å². The molecule has 3 aromatic carbocycles. The molecule has 48 heavy (non-hydrogen) atoms. The van der Waals surface area contributed by atoms with E-state index in [1.54, 1.807) is 36.4 Å². The maximum absolute atomic E-state index is 15.3. The summed E-state index contributed by atoms with van der Waals surface area (Å²) in [7, 11) is 1.50. The second-order valence-electron chi connectivity index (χ2n) is 12.9. The number of nitrogens with zero attached hydrogens (tertiary/aromatic N) is 2. The second-order valence-corrected chi connectivity index (χ2v) is 14.3. The highest BCUT2D eigenvalue weighted by atomic mass is 35.5. The first-order valence-electron chi connectivity index (χ1n) is 15.9. The van der Waals surface area contributed by atoms with Gasteiger partial charge in [0.15, 0.2) is 0 Å². The van der Waals surface area contributed by atoms with Crippen molar-refractivity contribution >= 4 is 52.3 Å². The molecule has 8 nitrogen and oxygen atoms in total. The Morgan fingerprint density at radius 2 is 1.73 bits per heavy atom. The number of phenols is 1. The quantitative estimate of drug-likeness (QED) is 0.185. The Kier molecular flexibility index (Phi) is 7.30. The van der Waals surface area contributed by atoms with E-state index in [2.05, 4.69) is 0 Å². The number of hydrogen-bond acceptors (Lipinski definition) is 7. The molecule has 2 aliphatic heterocycles. The highest BCUT2D eigenvalue weighted by Gasteiger charge is 2.70. The van der Waals surface area contributed by atoms with Gasteiger partial charge in [-0.2, -0.15) is 0 Å². The minimum absolute atomic E-state index is 0.0910. The van der Waals surface area contributed by atoms with Gasteiger partial charge in [-0.05, 0) is 60.0 Å². The number of imide groups is 2. The molecule has 6 atom stereocenters. The summed E-state index contributed by atoms with van der Waals surface area (Å²) in [4.78, 5) is 61.6. The molecule has 2 saturated heterocycles. The molecular formula is C38H31ClN2O6S. The molecule has 4 aromatic rings. The molecule has 8 rings (SSSR count). The van der Waals surface area contributed by atoms with Crippen molar-refractivity contribution in [2.45, 2.75) is 30.7 Å². The molecule has 0 bridgehead atoms. The van der Waals surface area contributed by atoms with Crippen LogP contribution >= 0.6 is 22.9 Å². The second kappa shape index (κ2) is 11.5. The van der Waals surface area contributed by atoms with Gasteiger partial charge in [-0.1, -0.05) is 71.8 Å². The average Bonchev–Trinajstić information content (AvgIpc) is 3.76. The van der Waals surface area contributed by atoms with Gasteiger partial charge in [0.1, 0.15) is 11.5 Å². The van der Waals surface area contributed by atoms with Gasteiger partial charge in [-0.25, -0.2) is 4.90 Å². The number of anilines is 1. The van der Waals surface area contributed by atoms with E-state index in [-0.39, 0.29) is 30.5 Å². The highest BCUT2D eigenvalue weighted by molar-refractivity contribution is 7.09. The summed E-state index contributed by atoms with van der Waals surface area (Å²) in [6.45, 7) is 0.199. The summed E-state index contributed by atoms with van der Waals surface area (Å²) in [6.07, 6.45) is 2.48. The van der Waals surface area contributed by atoms with E-state index in [1.165, 1.54) is 34.3 Å². The van der Waals surface area contributed by atoms with Crippen LogP contribution in [0.5, 0.6) is 11.5 Å². The number of rotatable bonds is 6. The number of phenolic OH excluding ortho intramolecular Hbond substituents is 1. The Hall–Kier alpha value is -4.73. The maximum atomic E-state index is 15.3. The van der Waals surface area contributed by atoms with Crippen LogP contribution in [0.3, 0.4) is 0 Å². The average molecular weight is 679 g/mol. The molecule has 1 aromatic heterocycles. The molecule has 4 amide bonds. The number of halogens is 1. The Bertz CT molecular complexity index is 2010. The predicted octanol–water partition coefficient (Wildman–Crippen LogP) is 6.48. The van der Waals surface area contributed by atoms with Crippen LogP contribution < -0.4 is 9.64 Å². The van der Waals surface area contributed by atoms with Crippen LogP contribution in [0, 0.1) is 23.7 Å². The number of carbonyl (C=O) groups excluding carboxylic acids is 4. The van der Waals surface area contributed by atoms with Crippen molar-refractivity contribution in [3.05, 3.63) is 123 Å². The first-order valence-corrected chi connectivity index (χ1v) is 17.1. The van der Waals surface area contributed by atoms with Crippen LogP contribution in [0.25, 0.3) is 0 Å². The van der Waals surface area contributed by atoms with Crippen molar-refractivity contribution in [3.8, 4) is 11.5 Å². The number of hydrogen-bond donors (Lipinski definition) is 1. The fourth-order valence-corrected chi connectivity index (χ4v) is 9.64. The van der Waals surface area contributed by atoms with Crippen molar-refractivity contribution in [2.24, 2.45) is 23.7 Å². The number of amides is 4. The third-order valence-corrected chi connectivity index (χ3v) is 11.8.